The monoisotopic (exact) mass is 312 g/mol. The highest BCUT2D eigenvalue weighted by molar-refractivity contribution is 7.92. The number of rotatable bonds is 7. The normalized spacial score (nSPS) is 19.2. The molecular formula is C15H24N2O3S. The van der Waals surface area contributed by atoms with Crippen LogP contribution in [0.25, 0.3) is 0 Å². The lowest BCUT2D eigenvalue weighted by molar-refractivity contribution is 0.342. The van der Waals surface area contributed by atoms with Gasteiger partial charge in [0.25, 0.3) is 0 Å². The predicted octanol–water partition coefficient (Wildman–Crippen LogP) is 2.36. The topological polar surface area (TPSA) is 67.4 Å². The molecule has 1 aromatic rings. The largest absolute Gasteiger partial charge is 0.492 e. The first kappa shape index (κ1) is 16.1. The van der Waals surface area contributed by atoms with Crippen molar-refractivity contribution in [2.45, 2.75) is 38.6 Å². The van der Waals surface area contributed by atoms with Gasteiger partial charge < -0.3 is 10.1 Å². The van der Waals surface area contributed by atoms with E-state index >= 15 is 0 Å². The zero-order valence-electron chi connectivity index (χ0n) is 12.5. The smallest absolute Gasteiger partial charge is 0.232 e. The maximum absolute atomic E-state index is 12.2. The molecule has 2 N–H and O–H groups in total. The van der Waals surface area contributed by atoms with Gasteiger partial charge in [-0.05, 0) is 44.9 Å². The van der Waals surface area contributed by atoms with Crippen LogP contribution in [-0.2, 0) is 10.0 Å². The molecule has 0 aliphatic carbocycles. The van der Waals surface area contributed by atoms with E-state index in [1.54, 1.807) is 18.2 Å². The molecular weight excluding hydrogens is 288 g/mol. The second-order valence-corrected chi connectivity index (χ2v) is 7.13. The van der Waals surface area contributed by atoms with Gasteiger partial charge in [-0.1, -0.05) is 18.6 Å². The molecule has 1 aromatic carbocycles. The third kappa shape index (κ3) is 5.21. The van der Waals surface area contributed by atoms with E-state index < -0.39 is 10.0 Å². The summed E-state index contributed by atoms with van der Waals surface area (Å²) in [7, 11) is -3.34. The highest BCUT2D eigenvalue weighted by Gasteiger charge is 2.18. The van der Waals surface area contributed by atoms with Gasteiger partial charge in [-0.25, -0.2) is 8.42 Å². The number of hydrogen-bond donors (Lipinski definition) is 2. The molecule has 2 rings (SSSR count). The Hall–Kier alpha value is -1.27. The summed E-state index contributed by atoms with van der Waals surface area (Å²) in [5.74, 6) is 0.699. The van der Waals surface area contributed by atoms with Crippen molar-refractivity contribution in [2.75, 3.05) is 23.6 Å². The molecule has 0 radical (unpaired) electrons. The Morgan fingerprint density at radius 2 is 2.14 bits per heavy atom. The number of benzene rings is 1. The van der Waals surface area contributed by atoms with Gasteiger partial charge in [0, 0.05) is 6.04 Å². The van der Waals surface area contributed by atoms with Crippen molar-refractivity contribution in [2.24, 2.45) is 0 Å². The van der Waals surface area contributed by atoms with Gasteiger partial charge in [0.05, 0.1) is 18.0 Å². The molecule has 0 bridgehead atoms. The number of anilines is 1. The first-order valence-electron chi connectivity index (χ1n) is 7.56. The molecule has 0 spiro atoms. The molecule has 1 atom stereocenters. The number of para-hydroxylation sites is 2. The molecule has 6 heteroatoms. The molecule has 1 saturated heterocycles. The molecule has 1 unspecified atom stereocenters. The predicted molar refractivity (Wildman–Crippen MR) is 85.3 cm³/mol. The highest BCUT2D eigenvalue weighted by atomic mass is 32.2. The first-order chi connectivity index (χ1) is 10.1. The minimum absolute atomic E-state index is 0.130. The zero-order valence-corrected chi connectivity index (χ0v) is 13.3. The van der Waals surface area contributed by atoms with E-state index in [0.29, 0.717) is 30.5 Å². The summed E-state index contributed by atoms with van der Waals surface area (Å²) in [5.41, 5.74) is 0.510. The number of piperidine rings is 1. The van der Waals surface area contributed by atoms with Gasteiger partial charge in [0.2, 0.25) is 10.0 Å². The van der Waals surface area contributed by atoms with Gasteiger partial charge in [-0.3, -0.25) is 4.72 Å². The van der Waals surface area contributed by atoms with E-state index in [4.69, 9.17) is 4.74 Å². The van der Waals surface area contributed by atoms with Crippen LogP contribution < -0.4 is 14.8 Å². The number of hydrogen-bond acceptors (Lipinski definition) is 4. The highest BCUT2D eigenvalue weighted by Crippen LogP contribution is 2.25. The summed E-state index contributed by atoms with van der Waals surface area (Å²) in [6.45, 7) is 3.37. The molecule has 1 aliphatic heterocycles. The van der Waals surface area contributed by atoms with Crippen molar-refractivity contribution >= 4 is 15.7 Å². The molecule has 5 nitrogen and oxygen atoms in total. The quantitative estimate of drug-likeness (QED) is 0.811. The van der Waals surface area contributed by atoms with Crippen molar-refractivity contribution < 1.29 is 13.2 Å². The number of sulfonamides is 1. The van der Waals surface area contributed by atoms with Crippen LogP contribution in [0.1, 0.15) is 32.6 Å². The minimum Gasteiger partial charge on any atom is -0.492 e. The second kappa shape index (κ2) is 7.66. The summed E-state index contributed by atoms with van der Waals surface area (Å²) < 4.78 is 32.5. The Labute approximate surface area is 127 Å². The molecule has 1 heterocycles. The van der Waals surface area contributed by atoms with Gasteiger partial charge >= 0.3 is 0 Å². The maximum Gasteiger partial charge on any atom is 0.232 e. The molecule has 0 amide bonds. The Balaban J connectivity index is 1.93. The van der Waals surface area contributed by atoms with Crippen LogP contribution in [0.5, 0.6) is 5.75 Å². The average Bonchev–Trinajstić information content (AvgIpc) is 2.48. The van der Waals surface area contributed by atoms with Crippen LogP contribution in [0.3, 0.4) is 0 Å². The summed E-state index contributed by atoms with van der Waals surface area (Å²) >= 11 is 0. The summed E-state index contributed by atoms with van der Waals surface area (Å²) in [5, 5.41) is 3.37. The Morgan fingerprint density at radius 3 is 2.86 bits per heavy atom. The molecule has 118 valence electrons. The van der Waals surface area contributed by atoms with Crippen LogP contribution in [0.15, 0.2) is 24.3 Å². The lowest BCUT2D eigenvalue weighted by Crippen LogP contribution is -2.36. The van der Waals surface area contributed by atoms with Crippen LogP contribution in [0, 0.1) is 0 Å². The molecule has 1 aliphatic rings. The van der Waals surface area contributed by atoms with Crippen molar-refractivity contribution in [3.05, 3.63) is 24.3 Å². The van der Waals surface area contributed by atoms with Gasteiger partial charge in [-0.2, -0.15) is 0 Å². The summed E-state index contributed by atoms with van der Waals surface area (Å²) in [6, 6.07) is 7.43. The fourth-order valence-corrected chi connectivity index (χ4v) is 3.72. The molecule has 1 fully saturated rings. The van der Waals surface area contributed by atoms with Crippen LogP contribution in [-0.4, -0.2) is 33.4 Å². The van der Waals surface area contributed by atoms with E-state index in [1.165, 1.54) is 12.8 Å². The average molecular weight is 312 g/mol. The van der Waals surface area contributed by atoms with E-state index in [2.05, 4.69) is 10.0 Å². The number of ether oxygens (including phenoxy) is 1. The van der Waals surface area contributed by atoms with E-state index in [-0.39, 0.29) is 5.75 Å². The molecule has 0 aromatic heterocycles. The maximum atomic E-state index is 12.2. The van der Waals surface area contributed by atoms with Crippen LogP contribution in [0.2, 0.25) is 0 Å². The standard InChI is InChI=1S/C15H24N2O3S/c1-2-20-15-9-4-3-8-14(15)17-21(18,19)12-10-13-7-5-6-11-16-13/h3-4,8-9,13,16-17H,2,5-7,10-12H2,1H3. The zero-order chi connectivity index (χ0) is 15.1. The van der Waals surface area contributed by atoms with Gasteiger partial charge in [0.1, 0.15) is 5.75 Å². The van der Waals surface area contributed by atoms with E-state index in [1.807, 2.05) is 13.0 Å². The van der Waals surface area contributed by atoms with Crippen molar-refractivity contribution in [1.82, 2.24) is 5.32 Å². The Kier molecular flexibility index (Phi) is 5.87. The molecule has 0 saturated carbocycles. The molecule has 21 heavy (non-hydrogen) atoms. The van der Waals surface area contributed by atoms with Crippen molar-refractivity contribution in [3.8, 4) is 5.75 Å². The number of nitrogens with one attached hydrogen (secondary N) is 2. The lowest BCUT2D eigenvalue weighted by atomic mass is 10.0. The fourth-order valence-electron chi connectivity index (χ4n) is 2.52. The van der Waals surface area contributed by atoms with Crippen LogP contribution in [0.4, 0.5) is 5.69 Å². The second-order valence-electron chi connectivity index (χ2n) is 5.29. The van der Waals surface area contributed by atoms with Crippen molar-refractivity contribution in [3.63, 3.8) is 0 Å². The fraction of sp³-hybridized carbons (Fsp3) is 0.600. The van der Waals surface area contributed by atoms with E-state index in [9.17, 15) is 8.42 Å². The Bertz CT molecular complexity index is 540. The Morgan fingerprint density at radius 1 is 1.33 bits per heavy atom. The minimum atomic E-state index is -3.34. The van der Waals surface area contributed by atoms with Crippen LogP contribution >= 0.6 is 0 Å². The van der Waals surface area contributed by atoms with Crippen molar-refractivity contribution in [1.29, 1.82) is 0 Å². The first-order valence-corrected chi connectivity index (χ1v) is 9.21. The third-order valence-corrected chi connectivity index (χ3v) is 4.90. The summed E-state index contributed by atoms with van der Waals surface area (Å²) in [6.07, 6.45) is 4.07. The lowest BCUT2D eigenvalue weighted by Gasteiger charge is -2.23. The van der Waals surface area contributed by atoms with E-state index in [0.717, 1.165) is 13.0 Å². The summed E-state index contributed by atoms with van der Waals surface area (Å²) in [4.78, 5) is 0. The SMILES string of the molecule is CCOc1ccccc1NS(=O)(=O)CCC1CCCCN1. The van der Waals surface area contributed by atoms with Gasteiger partial charge in [-0.15, -0.1) is 0 Å². The van der Waals surface area contributed by atoms with Gasteiger partial charge in [0.15, 0.2) is 0 Å². The third-order valence-electron chi connectivity index (χ3n) is 3.60.